The largest absolute Gasteiger partial charge is 0.340 e. The van der Waals surface area contributed by atoms with E-state index in [1.54, 1.807) is 47.2 Å². The van der Waals surface area contributed by atoms with E-state index in [1.807, 2.05) is 13.8 Å². The number of pyridine rings is 1. The van der Waals surface area contributed by atoms with Crippen LogP contribution in [-0.4, -0.2) is 31.4 Å². The SMILES string of the molecule is CC(C)N(Cc1ccc(F)c(-c2cccnc2F)c1)C(=O)c1cn(C)cn1. The van der Waals surface area contributed by atoms with E-state index >= 15 is 0 Å². The van der Waals surface area contributed by atoms with Gasteiger partial charge in [0, 0.05) is 43.2 Å². The third-order valence-corrected chi connectivity index (χ3v) is 4.24. The minimum atomic E-state index is -0.737. The van der Waals surface area contributed by atoms with Crippen molar-refractivity contribution in [3.05, 3.63) is 72.1 Å². The predicted octanol–water partition coefficient (Wildman–Crippen LogP) is 3.81. The van der Waals surface area contributed by atoms with Crippen molar-refractivity contribution in [2.45, 2.75) is 26.4 Å². The van der Waals surface area contributed by atoms with Crippen molar-refractivity contribution in [1.29, 1.82) is 0 Å². The molecule has 0 atom stereocenters. The number of carbonyl (C=O) groups excluding carboxylic acids is 1. The Kier molecular flexibility index (Phi) is 5.30. The van der Waals surface area contributed by atoms with Crippen molar-refractivity contribution in [2.24, 2.45) is 7.05 Å². The molecule has 0 fully saturated rings. The van der Waals surface area contributed by atoms with Crippen LogP contribution in [0.3, 0.4) is 0 Å². The smallest absolute Gasteiger partial charge is 0.274 e. The summed E-state index contributed by atoms with van der Waals surface area (Å²) in [7, 11) is 1.79. The lowest BCUT2D eigenvalue weighted by Gasteiger charge is -2.26. The molecule has 7 heteroatoms. The average Bonchev–Trinajstić information content (AvgIpc) is 3.07. The Morgan fingerprint density at radius 3 is 2.59 bits per heavy atom. The van der Waals surface area contributed by atoms with Crippen LogP contribution in [0.5, 0.6) is 0 Å². The minimum absolute atomic E-state index is 0.0870. The number of benzene rings is 1. The van der Waals surface area contributed by atoms with Crippen molar-refractivity contribution >= 4 is 5.91 Å². The molecule has 0 N–H and O–H groups in total. The van der Waals surface area contributed by atoms with Crippen molar-refractivity contribution in [1.82, 2.24) is 19.4 Å². The predicted molar refractivity (Wildman–Crippen MR) is 97.8 cm³/mol. The van der Waals surface area contributed by atoms with Crippen LogP contribution in [0.1, 0.15) is 29.9 Å². The minimum Gasteiger partial charge on any atom is -0.340 e. The fourth-order valence-electron chi connectivity index (χ4n) is 2.82. The number of nitrogens with zero attached hydrogens (tertiary/aromatic N) is 4. The number of carbonyl (C=O) groups is 1. The van der Waals surface area contributed by atoms with E-state index in [0.717, 1.165) is 0 Å². The molecule has 140 valence electrons. The molecular weight excluding hydrogens is 350 g/mol. The van der Waals surface area contributed by atoms with Gasteiger partial charge in [-0.15, -0.1) is 0 Å². The first kappa shape index (κ1) is 18.7. The average molecular weight is 370 g/mol. The summed E-state index contributed by atoms with van der Waals surface area (Å²) in [5.74, 6) is -1.50. The van der Waals surface area contributed by atoms with Gasteiger partial charge in [0.1, 0.15) is 11.5 Å². The zero-order valence-corrected chi connectivity index (χ0v) is 15.4. The van der Waals surface area contributed by atoms with E-state index in [-0.39, 0.29) is 29.6 Å². The number of imidazole rings is 1. The second-order valence-corrected chi connectivity index (χ2v) is 6.61. The van der Waals surface area contributed by atoms with Crippen LogP contribution >= 0.6 is 0 Å². The normalized spacial score (nSPS) is 11.0. The summed E-state index contributed by atoms with van der Waals surface area (Å²) in [5, 5.41) is 0. The van der Waals surface area contributed by atoms with E-state index in [4.69, 9.17) is 0 Å². The molecule has 0 unspecified atom stereocenters. The fourth-order valence-corrected chi connectivity index (χ4v) is 2.82. The number of amides is 1. The maximum atomic E-state index is 14.3. The lowest BCUT2D eigenvalue weighted by molar-refractivity contribution is 0.0684. The maximum Gasteiger partial charge on any atom is 0.274 e. The van der Waals surface area contributed by atoms with Gasteiger partial charge in [0.05, 0.1) is 6.33 Å². The Labute approximate surface area is 156 Å². The Bertz CT molecular complexity index is 968. The summed E-state index contributed by atoms with van der Waals surface area (Å²) in [6.07, 6.45) is 4.53. The van der Waals surface area contributed by atoms with E-state index in [2.05, 4.69) is 9.97 Å². The molecule has 0 saturated carbocycles. The molecule has 0 aliphatic carbocycles. The molecular formula is C20H20F2N4O. The van der Waals surface area contributed by atoms with Crippen molar-refractivity contribution < 1.29 is 13.6 Å². The molecule has 2 aromatic heterocycles. The van der Waals surface area contributed by atoms with Gasteiger partial charge in [-0.1, -0.05) is 6.07 Å². The van der Waals surface area contributed by atoms with Crippen LogP contribution in [0.15, 0.2) is 49.1 Å². The summed E-state index contributed by atoms with van der Waals surface area (Å²) >= 11 is 0. The Hall–Kier alpha value is -3.09. The Morgan fingerprint density at radius 2 is 1.96 bits per heavy atom. The molecule has 3 aromatic rings. The molecule has 0 aliphatic rings. The van der Waals surface area contributed by atoms with E-state index in [9.17, 15) is 13.6 Å². The maximum absolute atomic E-state index is 14.3. The van der Waals surface area contributed by atoms with Gasteiger partial charge in [-0.05, 0) is 43.7 Å². The van der Waals surface area contributed by atoms with Gasteiger partial charge in [0.15, 0.2) is 0 Å². The van der Waals surface area contributed by atoms with Crippen LogP contribution < -0.4 is 0 Å². The summed E-state index contributed by atoms with van der Waals surface area (Å²) < 4.78 is 29.9. The fraction of sp³-hybridized carbons (Fsp3) is 0.250. The highest BCUT2D eigenvalue weighted by Crippen LogP contribution is 2.26. The Morgan fingerprint density at radius 1 is 1.19 bits per heavy atom. The second kappa shape index (κ2) is 7.65. The van der Waals surface area contributed by atoms with Crippen LogP contribution in [-0.2, 0) is 13.6 Å². The quantitative estimate of drug-likeness (QED) is 0.642. The molecule has 0 radical (unpaired) electrons. The van der Waals surface area contributed by atoms with Crippen molar-refractivity contribution in [2.75, 3.05) is 0 Å². The zero-order valence-electron chi connectivity index (χ0n) is 15.4. The highest BCUT2D eigenvalue weighted by molar-refractivity contribution is 5.92. The zero-order chi connectivity index (χ0) is 19.6. The summed E-state index contributed by atoms with van der Waals surface area (Å²) in [6, 6.07) is 7.35. The van der Waals surface area contributed by atoms with Gasteiger partial charge in [0.2, 0.25) is 5.95 Å². The molecule has 1 amide bonds. The van der Waals surface area contributed by atoms with Gasteiger partial charge in [-0.2, -0.15) is 4.39 Å². The third kappa shape index (κ3) is 4.02. The van der Waals surface area contributed by atoms with Gasteiger partial charge in [-0.3, -0.25) is 4.79 Å². The molecule has 1 aromatic carbocycles. The topological polar surface area (TPSA) is 51.0 Å². The monoisotopic (exact) mass is 370 g/mol. The lowest BCUT2D eigenvalue weighted by Crippen LogP contribution is -2.36. The molecule has 0 saturated heterocycles. The van der Waals surface area contributed by atoms with Crippen LogP contribution in [0.4, 0.5) is 8.78 Å². The second-order valence-electron chi connectivity index (χ2n) is 6.61. The first-order valence-corrected chi connectivity index (χ1v) is 8.55. The third-order valence-electron chi connectivity index (χ3n) is 4.24. The van der Waals surface area contributed by atoms with Gasteiger partial charge in [-0.25, -0.2) is 14.4 Å². The molecule has 0 spiro atoms. The molecule has 0 aliphatic heterocycles. The van der Waals surface area contributed by atoms with Gasteiger partial charge >= 0.3 is 0 Å². The number of aryl methyl sites for hydroxylation is 1. The first-order valence-electron chi connectivity index (χ1n) is 8.55. The van der Waals surface area contributed by atoms with Crippen molar-refractivity contribution in [3.8, 4) is 11.1 Å². The van der Waals surface area contributed by atoms with Crippen LogP contribution in [0, 0.1) is 11.8 Å². The van der Waals surface area contributed by atoms with Crippen molar-refractivity contribution in [3.63, 3.8) is 0 Å². The van der Waals surface area contributed by atoms with E-state index in [1.165, 1.54) is 18.3 Å². The van der Waals surface area contributed by atoms with E-state index < -0.39 is 11.8 Å². The molecule has 0 bridgehead atoms. The highest BCUT2D eigenvalue weighted by atomic mass is 19.1. The summed E-state index contributed by atoms with van der Waals surface area (Å²) in [6.45, 7) is 4.04. The Balaban J connectivity index is 1.92. The lowest BCUT2D eigenvalue weighted by atomic mass is 10.0. The first-order chi connectivity index (χ1) is 12.9. The van der Waals surface area contributed by atoms with Crippen LogP contribution in [0.2, 0.25) is 0 Å². The van der Waals surface area contributed by atoms with E-state index in [0.29, 0.717) is 11.3 Å². The molecule has 5 nitrogen and oxygen atoms in total. The summed E-state index contributed by atoms with van der Waals surface area (Å²) in [5.41, 5.74) is 1.23. The highest BCUT2D eigenvalue weighted by Gasteiger charge is 2.22. The molecule has 2 heterocycles. The summed E-state index contributed by atoms with van der Waals surface area (Å²) in [4.78, 5) is 22.1. The van der Waals surface area contributed by atoms with Gasteiger partial charge in [0.25, 0.3) is 5.91 Å². The number of halogens is 2. The number of hydrogen-bond donors (Lipinski definition) is 0. The van der Waals surface area contributed by atoms with Crippen LogP contribution in [0.25, 0.3) is 11.1 Å². The number of hydrogen-bond acceptors (Lipinski definition) is 3. The number of rotatable bonds is 5. The molecule has 3 rings (SSSR count). The molecule has 27 heavy (non-hydrogen) atoms. The standard InChI is InChI=1S/C20H20F2N4O/c1-13(2)26(20(27)18-11-25(3)12-24-18)10-14-6-7-17(21)16(9-14)15-5-4-8-23-19(15)22/h4-9,11-13H,10H2,1-3H3. The number of aromatic nitrogens is 3. The van der Waals surface area contributed by atoms with Gasteiger partial charge < -0.3 is 9.47 Å².